The molecule has 5 nitrogen and oxygen atoms in total. The van der Waals surface area contributed by atoms with Gasteiger partial charge in [0.1, 0.15) is 5.82 Å². The third-order valence-corrected chi connectivity index (χ3v) is 2.51. The second-order valence-electron chi connectivity index (χ2n) is 3.18. The highest BCUT2D eigenvalue weighted by atomic mass is 79.9. The number of aromatic nitrogens is 3. The summed E-state index contributed by atoms with van der Waals surface area (Å²) in [6.45, 7) is 1.71. The van der Waals surface area contributed by atoms with E-state index in [1.165, 1.54) is 4.68 Å². The summed E-state index contributed by atoms with van der Waals surface area (Å²) in [7, 11) is 0. The second kappa shape index (κ2) is 4.05. The molecule has 0 spiro atoms. The Balaban J connectivity index is 2.52. The van der Waals surface area contributed by atoms with Crippen LogP contribution in [0.5, 0.6) is 0 Å². The fraction of sp³-hybridized carbons (Fsp3) is 0.100. The summed E-state index contributed by atoms with van der Waals surface area (Å²) in [5.74, 6) is -0.787. The van der Waals surface area contributed by atoms with E-state index in [9.17, 15) is 4.79 Å². The predicted molar refractivity (Wildman–Crippen MR) is 60.8 cm³/mol. The monoisotopic (exact) mass is 281 g/mol. The van der Waals surface area contributed by atoms with Crippen molar-refractivity contribution in [3.8, 4) is 5.69 Å². The molecular weight excluding hydrogens is 274 g/mol. The third kappa shape index (κ3) is 1.96. The molecule has 16 heavy (non-hydrogen) atoms. The number of aromatic carboxylic acids is 1. The zero-order valence-electron chi connectivity index (χ0n) is 8.38. The van der Waals surface area contributed by atoms with Gasteiger partial charge < -0.3 is 5.11 Å². The van der Waals surface area contributed by atoms with Gasteiger partial charge in [-0.3, -0.25) is 0 Å². The summed E-state index contributed by atoms with van der Waals surface area (Å²) in [5, 5.41) is 12.7. The van der Waals surface area contributed by atoms with Crippen LogP contribution < -0.4 is 0 Å². The first-order valence-electron chi connectivity index (χ1n) is 4.51. The molecule has 0 fully saturated rings. The van der Waals surface area contributed by atoms with Crippen molar-refractivity contribution in [2.75, 3.05) is 0 Å². The molecule has 0 radical (unpaired) electrons. The lowest BCUT2D eigenvalue weighted by Gasteiger charge is -2.02. The van der Waals surface area contributed by atoms with Crippen LogP contribution in [0, 0.1) is 6.92 Å². The molecule has 0 atom stereocenters. The first kappa shape index (κ1) is 10.8. The minimum Gasteiger partial charge on any atom is -0.475 e. The largest absolute Gasteiger partial charge is 0.475 e. The average Bonchev–Trinajstić information content (AvgIpc) is 2.60. The van der Waals surface area contributed by atoms with Crippen LogP contribution in [-0.4, -0.2) is 25.8 Å². The van der Waals surface area contributed by atoms with Crippen molar-refractivity contribution in [2.24, 2.45) is 0 Å². The number of hydrogen-bond acceptors (Lipinski definition) is 3. The molecule has 2 rings (SSSR count). The first-order valence-corrected chi connectivity index (χ1v) is 5.30. The summed E-state index contributed by atoms with van der Waals surface area (Å²) < 4.78 is 2.39. The molecule has 0 amide bonds. The fourth-order valence-corrected chi connectivity index (χ4v) is 1.72. The molecule has 1 aromatic heterocycles. The van der Waals surface area contributed by atoms with Crippen molar-refractivity contribution in [3.63, 3.8) is 0 Å². The van der Waals surface area contributed by atoms with Gasteiger partial charge in [0.2, 0.25) is 0 Å². The van der Waals surface area contributed by atoms with Crippen LogP contribution in [0.3, 0.4) is 0 Å². The summed E-state index contributed by atoms with van der Waals surface area (Å²) >= 11 is 3.34. The second-order valence-corrected chi connectivity index (χ2v) is 4.10. The van der Waals surface area contributed by atoms with E-state index in [1.54, 1.807) is 6.92 Å². The van der Waals surface area contributed by atoms with Gasteiger partial charge in [0.15, 0.2) is 0 Å². The Bertz CT molecular complexity index is 551. The lowest BCUT2D eigenvalue weighted by atomic mass is 10.3. The highest BCUT2D eigenvalue weighted by Crippen LogP contribution is 2.15. The topological polar surface area (TPSA) is 68.0 Å². The molecule has 6 heteroatoms. The van der Waals surface area contributed by atoms with Crippen molar-refractivity contribution in [1.29, 1.82) is 0 Å². The molecule has 0 unspecified atom stereocenters. The van der Waals surface area contributed by atoms with Crippen molar-refractivity contribution >= 4 is 21.9 Å². The number of rotatable bonds is 2. The summed E-state index contributed by atoms with van der Waals surface area (Å²) in [5.41, 5.74) is 0.770. The van der Waals surface area contributed by atoms with E-state index in [4.69, 9.17) is 5.11 Å². The predicted octanol–water partition coefficient (Wildman–Crippen LogP) is 2.04. The molecule has 0 saturated carbocycles. The lowest BCUT2D eigenvalue weighted by molar-refractivity contribution is 0.0683. The van der Waals surface area contributed by atoms with Crippen LogP contribution in [0.25, 0.3) is 5.69 Å². The first-order chi connectivity index (χ1) is 7.58. The van der Waals surface area contributed by atoms with Gasteiger partial charge >= 0.3 is 5.97 Å². The van der Waals surface area contributed by atoms with Crippen LogP contribution >= 0.6 is 15.9 Å². The maximum absolute atomic E-state index is 10.7. The van der Waals surface area contributed by atoms with Crippen LogP contribution in [0.15, 0.2) is 28.7 Å². The number of aryl methyl sites for hydroxylation is 1. The summed E-state index contributed by atoms with van der Waals surface area (Å²) in [6, 6.07) is 7.40. The third-order valence-electron chi connectivity index (χ3n) is 2.01. The van der Waals surface area contributed by atoms with E-state index < -0.39 is 5.97 Å². The molecule has 0 aliphatic heterocycles. The van der Waals surface area contributed by atoms with E-state index in [1.807, 2.05) is 24.3 Å². The fourth-order valence-electron chi connectivity index (χ4n) is 1.33. The quantitative estimate of drug-likeness (QED) is 0.915. The molecule has 0 aliphatic rings. The van der Waals surface area contributed by atoms with Crippen LogP contribution in [0.1, 0.15) is 16.4 Å². The van der Waals surface area contributed by atoms with Gasteiger partial charge in [-0.15, -0.1) is 5.10 Å². The van der Waals surface area contributed by atoms with E-state index in [0.717, 1.165) is 10.2 Å². The number of nitrogens with zero attached hydrogens (tertiary/aromatic N) is 3. The molecule has 1 aromatic carbocycles. The molecule has 0 bridgehead atoms. The van der Waals surface area contributed by atoms with E-state index in [-0.39, 0.29) is 5.82 Å². The molecule has 1 heterocycles. The maximum Gasteiger partial charge on any atom is 0.375 e. The smallest absolute Gasteiger partial charge is 0.375 e. The standard InChI is InChI=1S/C10H8BrN3O2/c1-6-12-9(10(15)16)13-14(6)8-4-2-3-7(11)5-8/h2-5H,1H3,(H,15,16). The Kier molecular flexibility index (Phi) is 2.74. The number of carbonyl (C=O) groups is 1. The number of carboxylic acids is 1. The van der Waals surface area contributed by atoms with Gasteiger partial charge in [0.05, 0.1) is 5.69 Å². The van der Waals surface area contributed by atoms with Gasteiger partial charge in [-0.2, -0.15) is 0 Å². The number of hydrogen-bond donors (Lipinski definition) is 1. The molecule has 1 N–H and O–H groups in total. The van der Waals surface area contributed by atoms with Crippen LogP contribution in [0.4, 0.5) is 0 Å². The zero-order chi connectivity index (χ0) is 11.7. The average molecular weight is 282 g/mol. The Morgan fingerprint density at radius 3 is 2.81 bits per heavy atom. The minimum atomic E-state index is -1.13. The Labute approximate surface area is 99.9 Å². The highest BCUT2D eigenvalue weighted by molar-refractivity contribution is 9.10. The van der Waals surface area contributed by atoms with Gasteiger partial charge in [0, 0.05) is 4.47 Å². The zero-order valence-corrected chi connectivity index (χ0v) is 9.97. The number of carboxylic acid groups (broad SMARTS) is 1. The molecule has 82 valence electrons. The SMILES string of the molecule is Cc1nc(C(=O)O)nn1-c1cccc(Br)c1. The van der Waals surface area contributed by atoms with Crippen LogP contribution in [-0.2, 0) is 0 Å². The molecule has 2 aromatic rings. The number of benzene rings is 1. The van der Waals surface area contributed by atoms with Gasteiger partial charge in [0.25, 0.3) is 5.82 Å². The Morgan fingerprint density at radius 2 is 2.25 bits per heavy atom. The van der Waals surface area contributed by atoms with Crippen molar-refractivity contribution in [1.82, 2.24) is 14.8 Å². The summed E-state index contributed by atoms with van der Waals surface area (Å²) in [6.07, 6.45) is 0. The molecular formula is C10H8BrN3O2. The highest BCUT2D eigenvalue weighted by Gasteiger charge is 2.13. The van der Waals surface area contributed by atoms with Crippen molar-refractivity contribution in [2.45, 2.75) is 6.92 Å². The van der Waals surface area contributed by atoms with Crippen molar-refractivity contribution < 1.29 is 9.90 Å². The van der Waals surface area contributed by atoms with Crippen LogP contribution in [0.2, 0.25) is 0 Å². The van der Waals surface area contributed by atoms with Crippen molar-refractivity contribution in [3.05, 3.63) is 40.4 Å². The van der Waals surface area contributed by atoms with E-state index in [2.05, 4.69) is 26.0 Å². The van der Waals surface area contributed by atoms with Gasteiger partial charge in [-0.1, -0.05) is 22.0 Å². The van der Waals surface area contributed by atoms with E-state index in [0.29, 0.717) is 5.82 Å². The minimum absolute atomic E-state index is 0.197. The van der Waals surface area contributed by atoms with Gasteiger partial charge in [-0.25, -0.2) is 14.5 Å². The lowest BCUT2D eigenvalue weighted by Crippen LogP contribution is -2.02. The number of halogens is 1. The van der Waals surface area contributed by atoms with E-state index >= 15 is 0 Å². The normalized spacial score (nSPS) is 10.4. The van der Waals surface area contributed by atoms with Gasteiger partial charge in [-0.05, 0) is 25.1 Å². The summed E-state index contributed by atoms with van der Waals surface area (Å²) in [4.78, 5) is 14.6. The Hall–Kier alpha value is -1.69. The molecule has 0 aliphatic carbocycles. The maximum atomic E-state index is 10.7. The Morgan fingerprint density at radius 1 is 1.50 bits per heavy atom. The molecule has 0 saturated heterocycles.